The lowest BCUT2D eigenvalue weighted by Gasteiger charge is -2.08. The molecule has 0 bridgehead atoms. The zero-order chi connectivity index (χ0) is 8.55. The van der Waals surface area contributed by atoms with E-state index in [4.69, 9.17) is 10.5 Å². The second kappa shape index (κ2) is 2.59. The highest BCUT2D eigenvalue weighted by Gasteiger charge is 2.16. The van der Waals surface area contributed by atoms with Crippen LogP contribution in [0.4, 0.5) is 11.4 Å². The van der Waals surface area contributed by atoms with Gasteiger partial charge in [0.15, 0.2) is 0 Å². The minimum absolute atomic E-state index is 0.722. The van der Waals surface area contributed by atoms with Crippen molar-refractivity contribution in [3.63, 3.8) is 0 Å². The summed E-state index contributed by atoms with van der Waals surface area (Å²) < 4.78 is 5.22. The first-order chi connectivity index (χ1) is 5.83. The number of nitrogens with one attached hydrogen (secondary N) is 1. The summed E-state index contributed by atoms with van der Waals surface area (Å²) in [5.74, 6) is 0.831. The third-order valence-corrected chi connectivity index (χ3v) is 2.19. The number of fused-ring (bicyclic) bond motifs is 1. The SMILES string of the molecule is COc1c(N)ccc2c1CCN2. The normalized spacial score (nSPS) is 13.8. The van der Waals surface area contributed by atoms with Gasteiger partial charge in [-0.25, -0.2) is 0 Å². The van der Waals surface area contributed by atoms with Gasteiger partial charge in [-0.2, -0.15) is 0 Å². The molecular formula is C9H12N2O. The van der Waals surface area contributed by atoms with Crippen LogP contribution < -0.4 is 15.8 Å². The van der Waals surface area contributed by atoms with E-state index in [9.17, 15) is 0 Å². The predicted octanol–water partition coefficient (Wildman–Crippen LogP) is 1.25. The topological polar surface area (TPSA) is 47.3 Å². The molecule has 1 aromatic carbocycles. The molecule has 0 atom stereocenters. The van der Waals surface area contributed by atoms with Gasteiger partial charge in [-0.05, 0) is 18.6 Å². The Morgan fingerprint density at radius 3 is 3.08 bits per heavy atom. The molecule has 12 heavy (non-hydrogen) atoms. The summed E-state index contributed by atoms with van der Waals surface area (Å²) in [5, 5.41) is 3.27. The van der Waals surface area contributed by atoms with Crippen molar-refractivity contribution < 1.29 is 4.74 Å². The van der Waals surface area contributed by atoms with Crippen molar-refractivity contribution in [3.8, 4) is 5.75 Å². The molecule has 1 heterocycles. The van der Waals surface area contributed by atoms with Crippen LogP contribution in [0, 0.1) is 0 Å². The number of ether oxygens (including phenoxy) is 1. The summed E-state index contributed by atoms with van der Waals surface area (Å²) in [4.78, 5) is 0. The number of hydrogen-bond donors (Lipinski definition) is 2. The number of nitrogen functional groups attached to an aromatic ring is 1. The summed E-state index contributed by atoms with van der Waals surface area (Å²) in [5.41, 5.74) is 8.83. The highest BCUT2D eigenvalue weighted by molar-refractivity contribution is 5.70. The molecular weight excluding hydrogens is 152 g/mol. The molecule has 1 aromatic rings. The van der Waals surface area contributed by atoms with Gasteiger partial charge < -0.3 is 15.8 Å². The molecule has 3 heteroatoms. The van der Waals surface area contributed by atoms with Crippen LogP contribution in [0.25, 0.3) is 0 Å². The Morgan fingerprint density at radius 2 is 2.33 bits per heavy atom. The van der Waals surface area contributed by atoms with E-state index in [0.29, 0.717) is 0 Å². The van der Waals surface area contributed by atoms with Crippen LogP contribution in [0.3, 0.4) is 0 Å². The van der Waals surface area contributed by atoms with Gasteiger partial charge in [0.25, 0.3) is 0 Å². The van der Waals surface area contributed by atoms with Crippen molar-refractivity contribution >= 4 is 11.4 Å². The molecule has 64 valence electrons. The standard InChI is InChI=1S/C9H12N2O/c1-12-9-6-4-5-11-8(6)3-2-7(9)10/h2-3,11H,4-5,10H2,1H3. The fraction of sp³-hybridized carbons (Fsp3) is 0.333. The van der Waals surface area contributed by atoms with Crippen molar-refractivity contribution in [3.05, 3.63) is 17.7 Å². The maximum absolute atomic E-state index is 5.75. The van der Waals surface area contributed by atoms with Crippen LogP contribution >= 0.6 is 0 Å². The molecule has 0 saturated heterocycles. The zero-order valence-corrected chi connectivity index (χ0v) is 7.05. The van der Waals surface area contributed by atoms with Gasteiger partial charge in [-0.1, -0.05) is 0 Å². The van der Waals surface area contributed by atoms with Crippen molar-refractivity contribution in [2.24, 2.45) is 0 Å². The average Bonchev–Trinajstić information content (AvgIpc) is 2.52. The summed E-state index contributed by atoms with van der Waals surface area (Å²) in [7, 11) is 1.66. The number of rotatable bonds is 1. The number of methoxy groups -OCH3 is 1. The number of hydrogen-bond acceptors (Lipinski definition) is 3. The third-order valence-electron chi connectivity index (χ3n) is 2.19. The predicted molar refractivity (Wildman–Crippen MR) is 49.6 cm³/mol. The van der Waals surface area contributed by atoms with Crippen LogP contribution in [0.2, 0.25) is 0 Å². The molecule has 0 saturated carbocycles. The first-order valence-corrected chi connectivity index (χ1v) is 4.02. The Bertz CT molecular complexity index is 310. The van der Waals surface area contributed by atoms with Gasteiger partial charge in [-0.15, -0.1) is 0 Å². The van der Waals surface area contributed by atoms with Gasteiger partial charge in [0.05, 0.1) is 12.8 Å². The number of anilines is 2. The van der Waals surface area contributed by atoms with Gasteiger partial charge in [0.2, 0.25) is 0 Å². The fourth-order valence-electron chi connectivity index (χ4n) is 1.62. The van der Waals surface area contributed by atoms with Crippen molar-refractivity contribution in [1.82, 2.24) is 0 Å². The second-order valence-electron chi connectivity index (χ2n) is 2.89. The van der Waals surface area contributed by atoms with E-state index in [2.05, 4.69) is 5.32 Å². The summed E-state index contributed by atoms with van der Waals surface area (Å²) in [6, 6.07) is 3.87. The number of nitrogens with two attached hydrogens (primary N) is 1. The van der Waals surface area contributed by atoms with E-state index in [1.54, 1.807) is 7.11 Å². The van der Waals surface area contributed by atoms with E-state index in [1.165, 1.54) is 5.56 Å². The third kappa shape index (κ3) is 0.897. The van der Waals surface area contributed by atoms with Crippen LogP contribution in [0.15, 0.2) is 12.1 Å². The zero-order valence-electron chi connectivity index (χ0n) is 7.05. The Labute approximate surface area is 71.5 Å². The quantitative estimate of drug-likeness (QED) is 0.614. The average molecular weight is 164 g/mol. The van der Waals surface area contributed by atoms with E-state index in [0.717, 1.165) is 30.1 Å². The second-order valence-corrected chi connectivity index (χ2v) is 2.89. The first kappa shape index (κ1) is 7.28. The van der Waals surface area contributed by atoms with Gasteiger partial charge >= 0.3 is 0 Å². The Kier molecular flexibility index (Phi) is 1.57. The molecule has 1 aliphatic heterocycles. The van der Waals surface area contributed by atoms with Crippen LogP contribution in [0.1, 0.15) is 5.56 Å². The molecule has 3 nitrogen and oxygen atoms in total. The van der Waals surface area contributed by atoms with E-state index >= 15 is 0 Å². The van der Waals surface area contributed by atoms with Gasteiger partial charge in [-0.3, -0.25) is 0 Å². The molecule has 3 N–H and O–H groups in total. The lowest BCUT2D eigenvalue weighted by atomic mass is 10.1. The molecule has 0 aliphatic carbocycles. The maximum atomic E-state index is 5.75. The maximum Gasteiger partial charge on any atom is 0.147 e. The fourth-order valence-corrected chi connectivity index (χ4v) is 1.62. The minimum Gasteiger partial charge on any atom is -0.494 e. The Balaban J connectivity index is 2.57. The van der Waals surface area contributed by atoms with E-state index in [1.807, 2.05) is 12.1 Å². The summed E-state index contributed by atoms with van der Waals surface area (Å²) in [6.45, 7) is 0.981. The van der Waals surface area contributed by atoms with E-state index < -0.39 is 0 Å². The highest BCUT2D eigenvalue weighted by atomic mass is 16.5. The summed E-state index contributed by atoms with van der Waals surface area (Å²) in [6.07, 6.45) is 1.00. The molecule has 0 unspecified atom stereocenters. The van der Waals surface area contributed by atoms with Crippen LogP contribution in [0.5, 0.6) is 5.75 Å². The molecule has 0 spiro atoms. The summed E-state index contributed by atoms with van der Waals surface area (Å²) >= 11 is 0. The Hall–Kier alpha value is -1.38. The monoisotopic (exact) mass is 164 g/mol. The number of benzene rings is 1. The minimum atomic E-state index is 0.722. The molecule has 0 radical (unpaired) electrons. The molecule has 0 amide bonds. The van der Waals surface area contributed by atoms with Gasteiger partial charge in [0, 0.05) is 17.8 Å². The van der Waals surface area contributed by atoms with Crippen molar-refractivity contribution in [2.45, 2.75) is 6.42 Å². The lowest BCUT2D eigenvalue weighted by molar-refractivity contribution is 0.413. The molecule has 0 fully saturated rings. The lowest BCUT2D eigenvalue weighted by Crippen LogP contribution is -1.95. The van der Waals surface area contributed by atoms with Crippen LogP contribution in [-0.2, 0) is 6.42 Å². The van der Waals surface area contributed by atoms with Crippen LogP contribution in [-0.4, -0.2) is 13.7 Å². The largest absolute Gasteiger partial charge is 0.494 e. The molecule has 2 rings (SSSR count). The van der Waals surface area contributed by atoms with Crippen molar-refractivity contribution in [1.29, 1.82) is 0 Å². The first-order valence-electron chi connectivity index (χ1n) is 4.02. The molecule has 1 aliphatic rings. The highest BCUT2D eigenvalue weighted by Crippen LogP contribution is 2.35. The smallest absolute Gasteiger partial charge is 0.147 e. The van der Waals surface area contributed by atoms with Gasteiger partial charge in [0.1, 0.15) is 5.75 Å². The Morgan fingerprint density at radius 1 is 1.50 bits per heavy atom. The van der Waals surface area contributed by atoms with E-state index in [-0.39, 0.29) is 0 Å². The van der Waals surface area contributed by atoms with Crippen molar-refractivity contribution in [2.75, 3.05) is 24.7 Å². The molecule has 0 aromatic heterocycles.